The van der Waals surface area contributed by atoms with Crippen LogP contribution >= 0.6 is 0 Å². The number of benzene rings is 1. The minimum absolute atomic E-state index is 0.189. The lowest BCUT2D eigenvalue weighted by Crippen LogP contribution is -2.44. The van der Waals surface area contributed by atoms with Crippen LogP contribution in [0.4, 0.5) is 0 Å². The Hall–Kier alpha value is -1.78. The molecule has 0 bridgehead atoms. The molecule has 3 atom stereocenters. The summed E-state index contributed by atoms with van der Waals surface area (Å²) in [6.07, 6.45) is 10.3. The van der Waals surface area contributed by atoms with Crippen molar-refractivity contribution in [2.45, 2.75) is 57.4 Å². The van der Waals surface area contributed by atoms with E-state index in [1.807, 2.05) is 12.3 Å². The molecule has 1 N–H and O–H groups in total. The van der Waals surface area contributed by atoms with Gasteiger partial charge in [0.25, 0.3) is 0 Å². The summed E-state index contributed by atoms with van der Waals surface area (Å²) in [6, 6.07) is 11.0. The van der Waals surface area contributed by atoms with Crippen LogP contribution in [0.15, 0.2) is 48.9 Å². The third-order valence-electron chi connectivity index (χ3n) is 4.50. The Kier molecular flexibility index (Phi) is 5.72. The van der Waals surface area contributed by atoms with Crippen LogP contribution in [0.5, 0.6) is 0 Å². The molecule has 1 fully saturated rings. The molecule has 0 radical (unpaired) electrons. The van der Waals surface area contributed by atoms with Gasteiger partial charge in [0.2, 0.25) is 0 Å². The van der Waals surface area contributed by atoms with Gasteiger partial charge in [0.1, 0.15) is 0 Å². The molecule has 1 aliphatic carbocycles. The normalized spacial score (nSPS) is 22.7. The fourth-order valence-electron chi connectivity index (χ4n) is 3.21. The highest BCUT2D eigenvalue weighted by atomic mass is 16.5. The van der Waals surface area contributed by atoms with E-state index in [0.29, 0.717) is 12.6 Å². The third-order valence-corrected chi connectivity index (χ3v) is 4.50. The molecule has 3 rings (SSSR count). The van der Waals surface area contributed by atoms with Crippen molar-refractivity contribution in [3.63, 3.8) is 0 Å². The Morgan fingerprint density at radius 2 is 2.00 bits per heavy atom. The molecule has 122 valence electrons. The van der Waals surface area contributed by atoms with Crippen LogP contribution in [-0.2, 0) is 11.3 Å². The van der Waals surface area contributed by atoms with Gasteiger partial charge < -0.3 is 10.1 Å². The average Bonchev–Trinajstić information content (AvgIpc) is 2.62. The highest BCUT2D eigenvalue weighted by Crippen LogP contribution is 2.24. The van der Waals surface area contributed by atoms with Crippen LogP contribution in [0.2, 0.25) is 0 Å². The number of nitrogens with one attached hydrogen (secondary N) is 1. The molecule has 4 heteroatoms. The second-order valence-corrected chi connectivity index (χ2v) is 6.24. The molecule has 1 aromatic heterocycles. The van der Waals surface area contributed by atoms with Gasteiger partial charge in [0.15, 0.2) is 0 Å². The number of nitrogens with zero attached hydrogens (tertiary/aromatic N) is 2. The molecule has 23 heavy (non-hydrogen) atoms. The van der Waals surface area contributed by atoms with E-state index in [9.17, 15) is 0 Å². The molecule has 0 aliphatic heterocycles. The SMILES string of the molecule is C[C@H](N[C@H]1CCCC[C@H]1OCc1ccccc1)c1cnccn1. The Morgan fingerprint density at radius 3 is 2.78 bits per heavy atom. The van der Waals surface area contributed by atoms with Gasteiger partial charge in [-0.1, -0.05) is 43.2 Å². The second kappa shape index (κ2) is 8.18. The largest absolute Gasteiger partial charge is 0.372 e. The predicted molar refractivity (Wildman–Crippen MR) is 90.9 cm³/mol. The smallest absolute Gasteiger partial charge is 0.0753 e. The zero-order valence-electron chi connectivity index (χ0n) is 13.7. The summed E-state index contributed by atoms with van der Waals surface area (Å²) in [4.78, 5) is 8.56. The van der Waals surface area contributed by atoms with E-state index < -0.39 is 0 Å². The van der Waals surface area contributed by atoms with Gasteiger partial charge in [0, 0.05) is 30.7 Å². The molecule has 0 saturated heterocycles. The van der Waals surface area contributed by atoms with Crippen LogP contribution in [0.3, 0.4) is 0 Å². The van der Waals surface area contributed by atoms with Gasteiger partial charge in [-0.3, -0.25) is 9.97 Å². The van der Waals surface area contributed by atoms with Crippen LogP contribution in [0, 0.1) is 0 Å². The number of hydrogen-bond donors (Lipinski definition) is 1. The lowest BCUT2D eigenvalue weighted by Gasteiger charge is -2.34. The van der Waals surface area contributed by atoms with Crippen LogP contribution in [0.1, 0.15) is 49.9 Å². The highest BCUT2D eigenvalue weighted by Gasteiger charge is 2.27. The van der Waals surface area contributed by atoms with Crippen molar-refractivity contribution >= 4 is 0 Å². The van der Waals surface area contributed by atoms with Gasteiger partial charge in [-0.2, -0.15) is 0 Å². The maximum atomic E-state index is 6.22. The zero-order valence-corrected chi connectivity index (χ0v) is 13.7. The van der Waals surface area contributed by atoms with Gasteiger partial charge in [-0.05, 0) is 25.3 Å². The van der Waals surface area contributed by atoms with E-state index in [1.165, 1.54) is 18.4 Å². The van der Waals surface area contributed by atoms with Gasteiger partial charge >= 0.3 is 0 Å². The maximum absolute atomic E-state index is 6.22. The average molecular weight is 311 g/mol. The minimum Gasteiger partial charge on any atom is -0.372 e. The summed E-state index contributed by atoms with van der Waals surface area (Å²) >= 11 is 0. The summed E-state index contributed by atoms with van der Waals surface area (Å²) in [5.74, 6) is 0. The number of hydrogen-bond acceptors (Lipinski definition) is 4. The topological polar surface area (TPSA) is 47.0 Å². The first-order chi connectivity index (χ1) is 11.3. The standard InChI is InChI=1S/C19H25N3O/c1-15(18-13-20-11-12-21-18)22-17-9-5-6-10-19(17)23-14-16-7-3-2-4-8-16/h2-4,7-8,11-13,15,17,19,22H,5-6,9-10,14H2,1H3/t15-,17-,19+/m0/s1. The molecule has 1 heterocycles. The van der Waals surface area contributed by atoms with Crippen molar-refractivity contribution in [2.24, 2.45) is 0 Å². The van der Waals surface area contributed by atoms with Crippen molar-refractivity contribution in [3.05, 3.63) is 60.2 Å². The van der Waals surface area contributed by atoms with E-state index in [0.717, 1.165) is 18.5 Å². The maximum Gasteiger partial charge on any atom is 0.0753 e. The van der Waals surface area contributed by atoms with Gasteiger partial charge in [-0.25, -0.2) is 0 Å². The lowest BCUT2D eigenvalue weighted by molar-refractivity contribution is -0.00809. The molecular formula is C19H25N3O. The van der Waals surface area contributed by atoms with E-state index >= 15 is 0 Å². The van der Waals surface area contributed by atoms with Crippen molar-refractivity contribution in [1.82, 2.24) is 15.3 Å². The van der Waals surface area contributed by atoms with E-state index in [4.69, 9.17) is 4.74 Å². The van der Waals surface area contributed by atoms with Crippen LogP contribution in [0.25, 0.3) is 0 Å². The second-order valence-electron chi connectivity index (χ2n) is 6.24. The summed E-state index contributed by atoms with van der Waals surface area (Å²) in [6.45, 7) is 2.83. The number of ether oxygens (including phenoxy) is 1. The van der Waals surface area contributed by atoms with Crippen molar-refractivity contribution in [1.29, 1.82) is 0 Å². The Labute approximate surface area is 138 Å². The molecule has 1 saturated carbocycles. The van der Waals surface area contributed by atoms with Crippen LogP contribution in [-0.4, -0.2) is 22.1 Å². The van der Waals surface area contributed by atoms with Crippen molar-refractivity contribution < 1.29 is 4.74 Å². The first kappa shape index (κ1) is 16.1. The molecular weight excluding hydrogens is 286 g/mol. The zero-order chi connectivity index (χ0) is 15.9. The van der Waals surface area contributed by atoms with E-state index in [1.54, 1.807) is 12.4 Å². The molecule has 1 aliphatic rings. The summed E-state index contributed by atoms with van der Waals surface area (Å²) < 4.78 is 6.22. The summed E-state index contributed by atoms with van der Waals surface area (Å²) in [5, 5.41) is 3.69. The van der Waals surface area contributed by atoms with Crippen molar-refractivity contribution in [3.8, 4) is 0 Å². The summed E-state index contributed by atoms with van der Waals surface area (Å²) in [5.41, 5.74) is 2.22. The Morgan fingerprint density at radius 1 is 1.17 bits per heavy atom. The highest BCUT2D eigenvalue weighted by molar-refractivity contribution is 5.13. The fraction of sp³-hybridized carbons (Fsp3) is 0.474. The molecule has 0 amide bonds. The Bertz CT molecular complexity index is 576. The fourth-order valence-corrected chi connectivity index (χ4v) is 3.21. The van der Waals surface area contributed by atoms with E-state index in [-0.39, 0.29) is 12.1 Å². The van der Waals surface area contributed by atoms with Gasteiger partial charge in [0.05, 0.1) is 18.4 Å². The molecule has 2 aromatic rings. The third kappa shape index (κ3) is 4.60. The first-order valence-electron chi connectivity index (χ1n) is 8.50. The molecule has 0 spiro atoms. The quantitative estimate of drug-likeness (QED) is 0.884. The number of aromatic nitrogens is 2. The van der Waals surface area contributed by atoms with Crippen molar-refractivity contribution in [2.75, 3.05) is 0 Å². The Balaban J connectivity index is 1.58. The monoisotopic (exact) mass is 311 g/mol. The van der Waals surface area contributed by atoms with Gasteiger partial charge in [-0.15, -0.1) is 0 Å². The predicted octanol–water partition coefficient (Wildman–Crippen LogP) is 3.66. The minimum atomic E-state index is 0.189. The lowest BCUT2D eigenvalue weighted by atomic mass is 9.91. The first-order valence-corrected chi connectivity index (χ1v) is 8.50. The molecule has 0 unspecified atom stereocenters. The van der Waals surface area contributed by atoms with E-state index in [2.05, 4.69) is 46.5 Å². The number of rotatable bonds is 6. The molecule has 4 nitrogen and oxygen atoms in total. The molecule has 1 aromatic carbocycles. The summed E-state index contributed by atoms with van der Waals surface area (Å²) in [7, 11) is 0. The van der Waals surface area contributed by atoms with Crippen LogP contribution < -0.4 is 5.32 Å².